The first-order valence-electron chi connectivity index (χ1n) is 5.68. The van der Waals surface area contributed by atoms with E-state index in [2.05, 4.69) is 12.1 Å². The lowest BCUT2D eigenvalue weighted by Crippen LogP contribution is -2.11. The maximum atomic E-state index is 6.28. The molecule has 0 saturated heterocycles. The molecule has 2 aromatic rings. The van der Waals surface area contributed by atoms with Crippen molar-refractivity contribution in [1.29, 1.82) is 0 Å². The number of rotatable bonds is 3. The van der Waals surface area contributed by atoms with Gasteiger partial charge < -0.3 is 10.5 Å². The van der Waals surface area contributed by atoms with Gasteiger partial charge in [-0.1, -0.05) is 23.7 Å². The Morgan fingerprint density at radius 1 is 1.28 bits per heavy atom. The lowest BCUT2D eigenvalue weighted by Gasteiger charge is -2.16. The van der Waals surface area contributed by atoms with Crippen LogP contribution in [0.25, 0.3) is 0 Å². The highest BCUT2D eigenvalue weighted by molar-refractivity contribution is 7.10. The van der Waals surface area contributed by atoms with Crippen molar-refractivity contribution in [1.82, 2.24) is 0 Å². The molecular weight excluding hydrogens is 266 g/mol. The Balaban J connectivity index is 2.43. The summed E-state index contributed by atoms with van der Waals surface area (Å²) in [5.74, 6) is 0.920. The molecule has 4 heteroatoms. The van der Waals surface area contributed by atoms with Gasteiger partial charge >= 0.3 is 0 Å². The Kier molecular flexibility index (Phi) is 3.95. The molecule has 0 fully saturated rings. The molecule has 2 N–H and O–H groups in total. The zero-order valence-corrected chi connectivity index (χ0v) is 12.2. The molecular formula is C14H16ClNOS. The molecule has 0 aliphatic carbocycles. The minimum atomic E-state index is -0.180. The van der Waals surface area contributed by atoms with Crippen LogP contribution >= 0.6 is 22.9 Å². The molecule has 0 amide bonds. The smallest absolute Gasteiger partial charge is 0.124 e. The van der Waals surface area contributed by atoms with Crippen LogP contribution in [0.4, 0.5) is 0 Å². The van der Waals surface area contributed by atoms with Crippen LogP contribution in [0, 0.1) is 13.8 Å². The molecule has 2 rings (SSSR count). The fourth-order valence-electron chi connectivity index (χ4n) is 2.16. The minimum Gasteiger partial charge on any atom is -0.496 e. The van der Waals surface area contributed by atoms with Crippen molar-refractivity contribution in [3.8, 4) is 5.75 Å². The molecule has 0 bridgehead atoms. The first-order valence-corrected chi connectivity index (χ1v) is 6.94. The Hall–Kier alpha value is -1.03. The van der Waals surface area contributed by atoms with Gasteiger partial charge in [0.05, 0.1) is 18.2 Å². The van der Waals surface area contributed by atoms with E-state index in [0.717, 1.165) is 32.3 Å². The highest BCUT2D eigenvalue weighted by atomic mass is 35.5. The second-order valence-corrected chi connectivity index (χ2v) is 5.65. The number of ether oxygens (including phenoxy) is 1. The van der Waals surface area contributed by atoms with Gasteiger partial charge in [-0.3, -0.25) is 0 Å². The summed E-state index contributed by atoms with van der Waals surface area (Å²) in [7, 11) is 1.69. The van der Waals surface area contributed by atoms with Crippen LogP contribution in [-0.4, -0.2) is 7.11 Å². The average Bonchev–Trinajstić information content (AvgIpc) is 2.74. The first-order chi connectivity index (χ1) is 8.54. The van der Waals surface area contributed by atoms with Crippen molar-refractivity contribution in [3.63, 3.8) is 0 Å². The number of methoxy groups -OCH3 is 1. The maximum Gasteiger partial charge on any atom is 0.124 e. The van der Waals surface area contributed by atoms with Crippen molar-refractivity contribution < 1.29 is 4.74 Å². The topological polar surface area (TPSA) is 35.2 Å². The molecule has 0 aliphatic heterocycles. The van der Waals surface area contributed by atoms with Crippen molar-refractivity contribution in [2.24, 2.45) is 5.73 Å². The molecule has 0 aliphatic rings. The quantitative estimate of drug-likeness (QED) is 0.920. The van der Waals surface area contributed by atoms with Crippen molar-refractivity contribution in [2.45, 2.75) is 19.9 Å². The summed E-state index contributed by atoms with van der Waals surface area (Å²) < 4.78 is 5.36. The SMILES string of the molecule is COc1c(C)cc(C(N)c2sccc2Cl)cc1C. The third kappa shape index (κ3) is 2.39. The Morgan fingerprint density at radius 2 is 1.89 bits per heavy atom. The van der Waals surface area contributed by atoms with E-state index in [9.17, 15) is 0 Å². The fraction of sp³-hybridized carbons (Fsp3) is 0.286. The van der Waals surface area contributed by atoms with Gasteiger partial charge in [0.1, 0.15) is 5.75 Å². The molecule has 0 saturated carbocycles. The predicted molar refractivity (Wildman–Crippen MR) is 77.8 cm³/mol. The Labute approximate surface area is 116 Å². The van der Waals surface area contributed by atoms with Crippen LogP contribution in [0.5, 0.6) is 5.75 Å². The van der Waals surface area contributed by atoms with Crippen LogP contribution in [0.1, 0.15) is 27.6 Å². The number of benzene rings is 1. The molecule has 1 atom stereocenters. The first kappa shape index (κ1) is 13.4. The summed E-state index contributed by atoms with van der Waals surface area (Å²) in [5.41, 5.74) is 9.53. The molecule has 1 aromatic heterocycles. The molecule has 96 valence electrons. The number of nitrogens with two attached hydrogens (primary N) is 1. The van der Waals surface area contributed by atoms with E-state index in [0.29, 0.717) is 0 Å². The molecule has 2 nitrogen and oxygen atoms in total. The van der Waals surface area contributed by atoms with Crippen LogP contribution < -0.4 is 10.5 Å². The number of hydrogen-bond acceptors (Lipinski definition) is 3. The minimum absolute atomic E-state index is 0.180. The van der Waals surface area contributed by atoms with E-state index in [1.54, 1.807) is 18.4 Å². The summed E-state index contributed by atoms with van der Waals surface area (Å²) in [4.78, 5) is 1.00. The number of thiophene rings is 1. The van der Waals surface area contributed by atoms with E-state index in [-0.39, 0.29) is 6.04 Å². The van der Waals surface area contributed by atoms with Crippen LogP contribution in [0.15, 0.2) is 23.6 Å². The largest absolute Gasteiger partial charge is 0.496 e. The summed E-state index contributed by atoms with van der Waals surface area (Å²) in [6.07, 6.45) is 0. The van der Waals surface area contributed by atoms with E-state index in [4.69, 9.17) is 22.1 Å². The van der Waals surface area contributed by atoms with Crippen LogP contribution in [0.2, 0.25) is 5.02 Å². The summed E-state index contributed by atoms with van der Waals surface area (Å²) >= 11 is 7.71. The number of hydrogen-bond donors (Lipinski definition) is 1. The lowest BCUT2D eigenvalue weighted by molar-refractivity contribution is 0.408. The predicted octanol–water partition coefficient (Wildman–Crippen LogP) is 4.08. The zero-order chi connectivity index (χ0) is 13.3. The lowest BCUT2D eigenvalue weighted by atomic mass is 10.00. The molecule has 0 spiro atoms. The van der Waals surface area contributed by atoms with E-state index in [1.165, 1.54) is 0 Å². The average molecular weight is 282 g/mol. The molecule has 1 heterocycles. The van der Waals surface area contributed by atoms with Gasteiger partial charge in [-0.2, -0.15) is 0 Å². The highest BCUT2D eigenvalue weighted by Crippen LogP contribution is 2.34. The molecule has 18 heavy (non-hydrogen) atoms. The third-order valence-corrected chi connectivity index (χ3v) is 4.41. The summed E-state index contributed by atoms with van der Waals surface area (Å²) in [6, 6.07) is 5.82. The molecule has 0 radical (unpaired) electrons. The van der Waals surface area contributed by atoms with E-state index in [1.807, 2.05) is 25.3 Å². The van der Waals surface area contributed by atoms with E-state index >= 15 is 0 Å². The van der Waals surface area contributed by atoms with Gasteiger partial charge in [-0.25, -0.2) is 0 Å². The van der Waals surface area contributed by atoms with Gasteiger partial charge in [0.15, 0.2) is 0 Å². The van der Waals surface area contributed by atoms with Gasteiger partial charge in [0, 0.05) is 4.88 Å². The zero-order valence-electron chi connectivity index (χ0n) is 10.7. The normalized spacial score (nSPS) is 12.5. The van der Waals surface area contributed by atoms with Gasteiger partial charge in [-0.15, -0.1) is 11.3 Å². The van der Waals surface area contributed by atoms with E-state index < -0.39 is 0 Å². The van der Waals surface area contributed by atoms with Gasteiger partial charge in [0.2, 0.25) is 0 Å². The van der Waals surface area contributed by atoms with Crippen LogP contribution in [0.3, 0.4) is 0 Å². The van der Waals surface area contributed by atoms with Gasteiger partial charge in [-0.05, 0) is 42.0 Å². The second-order valence-electron chi connectivity index (χ2n) is 4.30. The summed E-state index contributed by atoms with van der Waals surface area (Å²) in [5, 5.41) is 2.69. The maximum absolute atomic E-state index is 6.28. The second kappa shape index (κ2) is 5.31. The highest BCUT2D eigenvalue weighted by Gasteiger charge is 2.16. The van der Waals surface area contributed by atoms with Crippen molar-refractivity contribution in [2.75, 3.05) is 7.11 Å². The number of aryl methyl sites for hydroxylation is 2. The van der Waals surface area contributed by atoms with Crippen LogP contribution in [-0.2, 0) is 0 Å². The standard InChI is InChI=1S/C14H16ClNOS/c1-8-6-10(7-9(2)13(8)17-3)12(16)14-11(15)4-5-18-14/h4-7,12H,16H2,1-3H3. The van der Waals surface area contributed by atoms with Gasteiger partial charge in [0.25, 0.3) is 0 Å². The molecule has 1 aromatic carbocycles. The third-order valence-electron chi connectivity index (χ3n) is 2.97. The Morgan fingerprint density at radius 3 is 2.33 bits per heavy atom. The Bertz CT molecular complexity index is 542. The molecule has 1 unspecified atom stereocenters. The monoisotopic (exact) mass is 281 g/mol. The fourth-order valence-corrected chi connectivity index (χ4v) is 3.37. The van der Waals surface area contributed by atoms with Crippen molar-refractivity contribution in [3.05, 3.63) is 50.2 Å². The summed E-state index contributed by atoms with van der Waals surface area (Å²) in [6.45, 7) is 4.05. The van der Waals surface area contributed by atoms with Crippen molar-refractivity contribution >= 4 is 22.9 Å². The number of halogens is 1.